The van der Waals surface area contributed by atoms with Gasteiger partial charge in [-0.2, -0.15) is 0 Å². The first kappa shape index (κ1) is 17.6. The molecule has 1 aliphatic rings. The Balaban J connectivity index is 1.49. The highest BCUT2D eigenvalue weighted by molar-refractivity contribution is 7.99. The van der Waals surface area contributed by atoms with Crippen molar-refractivity contribution in [3.8, 4) is 17.0 Å². The zero-order valence-electron chi connectivity index (χ0n) is 14.9. The van der Waals surface area contributed by atoms with E-state index in [1.165, 1.54) is 11.8 Å². The predicted molar refractivity (Wildman–Crippen MR) is 103 cm³/mol. The highest BCUT2D eigenvalue weighted by Gasteiger charge is 2.27. The normalized spacial score (nSPS) is 13.3. The van der Waals surface area contributed by atoms with Crippen LogP contribution in [0.2, 0.25) is 0 Å². The number of hydrogen-bond donors (Lipinski definition) is 0. The van der Waals surface area contributed by atoms with Crippen molar-refractivity contribution in [2.75, 3.05) is 19.4 Å². The third kappa shape index (κ3) is 3.83. The van der Waals surface area contributed by atoms with Crippen LogP contribution in [-0.4, -0.2) is 40.4 Å². The topological polar surface area (TPSA) is 68.5 Å². The van der Waals surface area contributed by atoms with Crippen molar-refractivity contribution in [3.05, 3.63) is 60.0 Å². The van der Waals surface area contributed by atoms with Gasteiger partial charge in [0.2, 0.25) is 5.91 Å². The Bertz CT molecular complexity index is 943. The molecule has 3 heterocycles. The Hall–Kier alpha value is -2.80. The summed E-state index contributed by atoms with van der Waals surface area (Å²) < 4.78 is 10.8. The quantitative estimate of drug-likeness (QED) is 0.631. The number of carbonyl (C=O) groups is 1. The maximum atomic E-state index is 12.7. The molecule has 0 saturated heterocycles. The zero-order chi connectivity index (χ0) is 18.6. The Labute approximate surface area is 161 Å². The Kier molecular flexibility index (Phi) is 5.11. The lowest BCUT2D eigenvalue weighted by Gasteiger charge is -2.26. The van der Waals surface area contributed by atoms with Gasteiger partial charge in [0.05, 0.1) is 24.4 Å². The molecule has 0 spiro atoms. The fourth-order valence-electron chi connectivity index (χ4n) is 3.08. The van der Waals surface area contributed by atoms with Crippen molar-refractivity contribution in [1.82, 2.24) is 15.0 Å². The van der Waals surface area contributed by atoms with E-state index >= 15 is 0 Å². The molecule has 0 radical (unpaired) electrons. The van der Waals surface area contributed by atoms with E-state index in [2.05, 4.69) is 10.1 Å². The summed E-state index contributed by atoms with van der Waals surface area (Å²) in [6, 6.07) is 13.4. The summed E-state index contributed by atoms with van der Waals surface area (Å²) in [7, 11) is 1.64. The van der Waals surface area contributed by atoms with Crippen LogP contribution in [-0.2, 0) is 17.8 Å². The van der Waals surface area contributed by atoms with E-state index in [0.717, 1.165) is 33.4 Å². The van der Waals surface area contributed by atoms with Crippen molar-refractivity contribution in [2.45, 2.75) is 18.0 Å². The summed E-state index contributed by atoms with van der Waals surface area (Å²) in [5, 5.41) is 5.10. The number of hydrogen-bond acceptors (Lipinski definition) is 6. The number of pyridine rings is 1. The van der Waals surface area contributed by atoms with Crippen LogP contribution in [0.3, 0.4) is 0 Å². The molecule has 4 rings (SSSR count). The minimum Gasteiger partial charge on any atom is -0.497 e. The molecule has 27 heavy (non-hydrogen) atoms. The third-order valence-corrected chi connectivity index (χ3v) is 5.43. The summed E-state index contributed by atoms with van der Waals surface area (Å²) in [6.45, 7) is 1.15. The average molecular weight is 381 g/mol. The van der Waals surface area contributed by atoms with Crippen LogP contribution in [0, 0.1) is 0 Å². The number of ether oxygens (including phenoxy) is 1. The van der Waals surface area contributed by atoms with E-state index < -0.39 is 0 Å². The van der Waals surface area contributed by atoms with E-state index in [-0.39, 0.29) is 5.91 Å². The maximum Gasteiger partial charge on any atom is 0.233 e. The van der Waals surface area contributed by atoms with Gasteiger partial charge < -0.3 is 14.2 Å². The zero-order valence-corrected chi connectivity index (χ0v) is 15.7. The van der Waals surface area contributed by atoms with Crippen LogP contribution in [0.5, 0.6) is 5.75 Å². The number of methoxy groups -OCH3 is 1. The first-order chi connectivity index (χ1) is 13.2. The summed E-state index contributed by atoms with van der Waals surface area (Å²) >= 11 is 1.45. The van der Waals surface area contributed by atoms with Crippen molar-refractivity contribution in [3.63, 3.8) is 0 Å². The minimum atomic E-state index is 0.0918. The number of aromatic nitrogens is 2. The molecule has 0 saturated carbocycles. The monoisotopic (exact) mass is 381 g/mol. The van der Waals surface area contributed by atoms with Crippen molar-refractivity contribution in [1.29, 1.82) is 0 Å². The Morgan fingerprint density at radius 2 is 2.22 bits per heavy atom. The lowest BCUT2D eigenvalue weighted by atomic mass is 10.0. The number of nitrogens with zero attached hydrogens (tertiary/aromatic N) is 3. The second kappa shape index (κ2) is 7.84. The number of rotatable bonds is 5. The molecule has 0 bridgehead atoms. The van der Waals surface area contributed by atoms with E-state index in [9.17, 15) is 4.79 Å². The first-order valence-electron chi connectivity index (χ1n) is 8.68. The van der Waals surface area contributed by atoms with Gasteiger partial charge >= 0.3 is 0 Å². The molecule has 0 N–H and O–H groups in total. The molecule has 1 aromatic carbocycles. The number of carbonyl (C=O) groups excluding carboxylic acids is 1. The van der Waals surface area contributed by atoms with Gasteiger partial charge in [0.1, 0.15) is 17.2 Å². The van der Waals surface area contributed by atoms with E-state index in [1.54, 1.807) is 13.3 Å². The minimum absolute atomic E-state index is 0.0918. The highest BCUT2D eigenvalue weighted by atomic mass is 32.2. The number of fused-ring (bicyclic) bond motifs is 1. The molecular weight excluding hydrogens is 362 g/mol. The van der Waals surface area contributed by atoms with Crippen LogP contribution in [0.1, 0.15) is 11.3 Å². The molecule has 2 aromatic heterocycles. The van der Waals surface area contributed by atoms with Crippen LogP contribution in [0.25, 0.3) is 11.3 Å². The van der Waals surface area contributed by atoms with E-state index in [0.29, 0.717) is 25.3 Å². The summed E-state index contributed by atoms with van der Waals surface area (Å²) in [4.78, 5) is 18.8. The van der Waals surface area contributed by atoms with Crippen molar-refractivity contribution < 1.29 is 14.1 Å². The van der Waals surface area contributed by atoms with Gasteiger partial charge in [-0.3, -0.25) is 4.79 Å². The average Bonchev–Trinajstić information content (AvgIpc) is 3.16. The van der Waals surface area contributed by atoms with Gasteiger partial charge in [-0.05, 0) is 24.3 Å². The maximum absolute atomic E-state index is 12.7. The summed E-state index contributed by atoms with van der Waals surface area (Å²) in [5.74, 6) is 2.08. The van der Waals surface area contributed by atoms with Gasteiger partial charge in [-0.1, -0.05) is 35.1 Å². The van der Waals surface area contributed by atoms with E-state index in [4.69, 9.17) is 9.26 Å². The molecule has 3 aromatic rings. The van der Waals surface area contributed by atoms with Gasteiger partial charge in [-0.15, -0.1) is 0 Å². The number of thioether (sulfide) groups is 1. The molecule has 6 nitrogen and oxygen atoms in total. The predicted octanol–water partition coefficient (Wildman–Crippen LogP) is 3.42. The van der Waals surface area contributed by atoms with Gasteiger partial charge in [0.25, 0.3) is 0 Å². The summed E-state index contributed by atoms with van der Waals surface area (Å²) in [5.41, 5.74) is 2.68. The summed E-state index contributed by atoms with van der Waals surface area (Å²) in [6.07, 6.45) is 2.41. The fraction of sp³-hybridized carbons (Fsp3) is 0.250. The van der Waals surface area contributed by atoms with Crippen LogP contribution in [0.4, 0.5) is 0 Å². The Morgan fingerprint density at radius 1 is 1.30 bits per heavy atom. The largest absolute Gasteiger partial charge is 0.497 e. The molecule has 0 atom stereocenters. The molecule has 138 valence electrons. The van der Waals surface area contributed by atoms with Crippen LogP contribution < -0.4 is 4.74 Å². The first-order valence-corrected chi connectivity index (χ1v) is 9.66. The van der Waals surface area contributed by atoms with Crippen molar-refractivity contribution >= 4 is 17.7 Å². The standard InChI is InChI=1S/C20H19N3O3S/c1-25-15-6-4-5-14(11-15)20-16-12-23(10-8-17(16)26-22-20)19(24)13-27-18-7-2-3-9-21-18/h2-7,9,11H,8,10,12-13H2,1H3. The molecule has 1 aliphatic heterocycles. The SMILES string of the molecule is COc1cccc(-c2noc3c2CN(C(=O)CSc2ccccn2)CC3)c1. The van der Waals surface area contributed by atoms with Crippen LogP contribution in [0.15, 0.2) is 58.2 Å². The number of amides is 1. The lowest BCUT2D eigenvalue weighted by Crippen LogP contribution is -2.36. The number of benzene rings is 1. The fourth-order valence-corrected chi connectivity index (χ4v) is 3.84. The third-order valence-electron chi connectivity index (χ3n) is 4.50. The molecular formula is C20H19N3O3S. The molecule has 0 fully saturated rings. The molecule has 1 amide bonds. The van der Waals surface area contributed by atoms with Gasteiger partial charge in [0, 0.05) is 30.3 Å². The van der Waals surface area contributed by atoms with E-state index in [1.807, 2.05) is 47.4 Å². The van der Waals surface area contributed by atoms with Crippen molar-refractivity contribution in [2.24, 2.45) is 0 Å². The highest BCUT2D eigenvalue weighted by Crippen LogP contribution is 2.32. The second-order valence-corrected chi connectivity index (χ2v) is 7.18. The Morgan fingerprint density at radius 3 is 3.04 bits per heavy atom. The smallest absolute Gasteiger partial charge is 0.233 e. The lowest BCUT2D eigenvalue weighted by molar-refractivity contribution is -0.129. The van der Waals surface area contributed by atoms with Crippen LogP contribution >= 0.6 is 11.8 Å². The molecule has 0 unspecified atom stereocenters. The second-order valence-electron chi connectivity index (χ2n) is 6.19. The van der Waals surface area contributed by atoms with Gasteiger partial charge in [-0.25, -0.2) is 4.98 Å². The van der Waals surface area contributed by atoms with Gasteiger partial charge in [0.15, 0.2) is 0 Å². The molecule has 7 heteroatoms. The molecule has 0 aliphatic carbocycles.